The number of amides is 3. The van der Waals surface area contributed by atoms with Crippen LogP contribution in [0.15, 0.2) is 22.8 Å². The number of halogens is 1. The fourth-order valence-corrected chi connectivity index (χ4v) is 6.37. The van der Waals surface area contributed by atoms with Gasteiger partial charge in [0.25, 0.3) is 0 Å². The van der Waals surface area contributed by atoms with Crippen LogP contribution in [0, 0.1) is 17.7 Å². The monoisotopic (exact) mass is 626 g/mol. The number of hydrogen-bond acceptors (Lipinski definition) is 8. The molecule has 2 N–H and O–H groups in total. The number of nitrogens with zero attached hydrogens (tertiary/aromatic N) is 4. The summed E-state index contributed by atoms with van der Waals surface area (Å²) in [5.74, 6) is -3.04. The summed E-state index contributed by atoms with van der Waals surface area (Å²) in [5.41, 5.74) is 1.12. The maximum Gasteiger partial charge on any atom is 0.245 e. The normalized spacial score (nSPS) is 18.5. The molecule has 1 aliphatic heterocycles. The molecular weight excluding hydrogens is 579 g/mol. The lowest BCUT2D eigenvalue weighted by molar-refractivity contribution is -0.138. The summed E-state index contributed by atoms with van der Waals surface area (Å²) in [6, 6.07) is 3.61. The predicted molar refractivity (Wildman–Crippen MR) is 167 cm³/mol. The Bertz CT molecular complexity index is 1330. The molecular formula is C33H47FN6O5. The first-order valence-corrected chi connectivity index (χ1v) is 16.3. The van der Waals surface area contributed by atoms with Crippen LogP contribution in [0.25, 0.3) is 0 Å². The zero-order valence-corrected chi connectivity index (χ0v) is 26.9. The maximum absolute atomic E-state index is 15.6. The fourth-order valence-electron chi connectivity index (χ4n) is 6.37. The largest absolute Gasteiger partial charge is 0.344 e. The Morgan fingerprint density at radius 2 is 1.71 bits per heavy atom. The summed E-state index contributed by atoms with van der Waals surface area (Å²) in [6.07, 6.45) is 6.36. The van der Waals surface area contributed by atoms with Gasteiger partial charge in [-0.15, -0.1) is 0 Å². The summed E-state index contributed by atoms with van der Waals surface area (Å²) in [4.78, 5) is 56.8. The molecule has 3 atom stereocenters. The highest BCUT2D eigenvalue weighted by Gasteiger charge is 2.35. The third-order valence-corrected chi connectivity index (χ3v) is 9.36. The number of anilines is 1. The van der Waals surface area contributed by atoms with Crippen LogP contribution in [0.2, 0.25) is 0 Å². The number of aryl methyl sites for hydroxylation is 1. The molecule has 0 unspecified atom stereocenters. The Kier molecular flexibility index (Phi) is 12.2. The van der Waals surface area contributed by atoms with E-state index in [1.807, 2.05) is 14.0 Å². The van der Waals surface area contributed by atoms with E-state index in [1.165, 1.54) is 12.1 Å². The molecule has 1 aromatic heterocycles. The number of Topliss-reactive ketones (excluding diaryl/α,β-unsaturated/α-hetero) is 1. The van der Waals surface area contributed by atoms with Gasteiger partial charge in [0.1, 0.15) is 17.6 Å². The number of aromatic nitrogens is 2. The summed E-state index contributed by atoms with van der Waals surface area (Å²) in [6.45, 7) is 7.94. The Balaban J connectivity index is 1.52. The molecule has 2 heterocycles. The quantitative estimate of drug-likeness (QED) is 0.262. The number of hydrogen-bond donors (Lipinski definition) is 2. The van der Waals surface area contributed by atoms with Crippen LogP contribution in [0.1, 0.15) is 99.8 Å². The van der Waals surface area contributed by atoms with E-state index in [0.717, 1.165) is 51.6 Å². The smallest absolute Gasteiger partial charge is 0.245 e. The van der Waals surface area contributed by atoms with Crippen molar-refractivity contribution >= 4 is 29.2 Å². The van der Waals surface area contributed by atoms with E-state index < -0.39 is 29.6 Å². The Morgan fingerprint density at radius 1 is 1.02 bits per heavy atom. The van der Waals surface area contributed by atoms with Gasteiger partial charge in [-0.2, -0.15) is 0 Å². The lowest BCUT2D eigenvalue weighted by atomic mass is 9.81. The molecule has 0 spiro atoms. The number of nitrogens with one attached hydrogen (secondary N) is 2. The second-order valence-electron chi connectivity index (χ2n) is 12.4. The summed E-state index contributed by atoms with van der Waals surface area (Å²) in [7, 11) is 2.00. The van der Waals surface area contributed by atoms with Gasteiger partial charge in [-0.3, -0.25) is 19.2 Å². The van der Waals surface area contributed by atoms with E-state index in [9.17, 15) is 19.2 Å². The Morgan fingerprint density at radius 3 is 2.33 bits per heavy atom. The molecule has 246 valence electrons. The van der Waals surface area contributed by atoms with Gasteiger partial charge in [0.05, 0.1) is 5.69 Å². The predicted octanol–water partition coefficient (Wildman–Crippen LogP) is 4.34. The minimum Gasteiger partial charge on any atom is -0.344 e. The van der Waals surface area contributed by atoms with Crippen LogP contribution in [0.3, 0.4) is 0 Å². The zero-order valence-electron chi connectivity index (χ0n) is 26.9. The fraction of sp³-hybridized carbons (Fsp3) is 0.636. The molecule has 2 fully saturated rings. The molecule has 1 aromatic carbocycles. The molecule has 0 bridgehead atoms. The van der Waals surface area contributed by atoms with E-state index in [0.29, 0.717) is 30.8 Å². The number of piperazine rings is 1. The molecule has 1 aliphatic carbocycles. The molecule has 2 aliphatic rings. The molecule has 45 heavy (non-hydrogen) atoms. The number of rotatable bonds is 12. The van der Waals surface area contributed by atoms with E-state index >= 15 is 4.39 Å². The van der Waals surface area contributed by atoms with Crippen molar-refractivity contribution in [2.45, 2.75) is 90.5 Å². The Labute approximate surface area is 264 Å². The second kappa shape index (κ2) is 16.1. The summed E-state index contributed by atoms with van der Waals surface area (Å²) < 4.78 is 20.4. The van der Waals surface area contributed by atoms with Crippen molar-refractivity contribution < 1.29 is 28.2 Å². The standard InChI is InChI=1S/C33H47FN6O5/c1-5-26-31(38-45-37-26)28(41)20-24(22-11-9-7-8-10-12-22)32(43)35-27-14-13-23(19-25(27)34)21(3)30(36-29(42)6-2)33(44)40-17-15-39(4)16-18-40/h13-14,19,21-22,24,30H,5-12,15-18,20H2,1-4H3,(H,35,43)(H,36,42)/t21-,24-,30+/m0/s1. The lowest BCUT2D eigenvalue weighted by Crippen LogP contribution is -2.55. The third kappa shape index (κ3) is 8.74. The van der Waals surface area contributed by atoms with Crippen LogP contribution in [0.5, 0.6) is 0 Å². The Hall–Kier alpha value is -3.67. The van der Waals surface area contributed by atoms with Crippen molar-refractivity contribution in [3.8, 4) is 0 Å². The summed E-state index contributed by atoms with van der Waals surface area (Å²) in [5, 5.41) is 13.2. The van der Waals surface area contributed by atoms with Gasteiger partial charge in [-0.25, -0.2) is 9.02 Å². The van der Waals surface area contributed by atoms with Crippen LogP contribution in [0.4, 0.5) is 10.1 Å². The first kappa shape index (κ1) is 34.2. The number of carbonyl (C=O) groups is 4. The van der Waals surface area contributed by atoms with Gasteiger partial charge in [0, 0.05) is 50.9 Å². The van der Waals surface area contributed by atoms with E-state index in [4.69, 9.17) is 4.63 Å². The first-order valence-electron chi connectivity index (χ1n) is 16.3. The number of ketones is 1. The maximum atomic E-state index is 15.6. The molecule has 1 saturated carbocycles. The molecule has 2 aromatic rings. The van der Waals surface area contributed by atoms with E-state index in [1.54, 1.807) is 24.8 Å². The molecule has 4 rings (SSSR count). The van der Waals surface area contributed by atoms with Gasteiger partial charge in [-0.1, -0.05) is 57.7 Å². The van der Waals surface area contributed by atoms with Crippen LogP contribution in [-0.2, 0) is 20.8 Å². The van der Waals surface area contributed by atoms with Crippen molar-refractivity contribution in [3.63, 3.8) is 0 Å². The molecule has 1 saturated heterocycles. The molecule has 3 amide bonds. The van der Waals surface area contributed by atoms with Gasteiger partial charge in [0.15, 0.2) is 11.5 Å². The number of likely N-dealkylation sites (N-methyl/N-ethyl adjacent to an activating group) is 1. The van der Waals surface area contributed by atoms with Crippen molar-refractivity contribution in [2.75, 3.05) is 38.5 Å². The highest BCUT2D eigenvalue weighted by Crippen LogP contribution is 2.33. The average Bonchev–Trinajstić information content (AvgIpc) is 3.37. The van der Waals surface area contributed by atoms with Gasteiger partial charge in [-0.05, 0) is 55.1 Å². The van der Waals surface area contributed by atoms with Gasteiger partial charge >= 0.3 is 0 Å². The number of benzene rings is 1. The minimum atomic E-state index is -0.856. The van der Waals surface area contributed by atoms with Crippen molar-refractivity contribution in [2.24, 2.45) is 11.8 Å². The van der Waals surface area contributed by atoms with Crippen LogP contribution < -0.4 is 10.6 Å². The van der Waals surface area contributed by atoms with Crippen molar-refractivity contribution in [3.05, 3.63) is 41.0 Å². The topological polar surface area (TPSA) is 138 Å². The van der Waals surface area contributed by atoms with E-state index in [-0.39, 0.29) is 47.7 Å². The van der Waals surface area contributed by atoms with E-state index in [2.05, 4.69) is 25.8 Å². The highest BCUT2D eigenvalue weighted by molar-refractivity contribution is 6.00. The summed E-state index contributed by atoms with van der Waals surface area (Å²) >= 11 is 0. The van der Waals surface area contributed by atoms with Crippen LogP contribution in [-0.4, -0.2) is 82.9 Å². The average molecular weight is 627 g/mol. The molecule has 11 nitrogen and oxygen atoms in total. The van der Waals surface area contributed by atoms with Crippen molar-refractivity contribution in [1.29, 1.82) is 0 Å². The van der Waals surface area contributed by atoms with Crippen molar-refractivity contribution in [1.82, 2.24) is 25.4 Å². The lowest BCUT2D eigenvalue weighted by Gasteiger charge is -2.36. The molecule has 12 heteroatoms. The van der Waals surface area contributed by atoms with Gasteiger partial charge in [0.2, 0.25) is 17.7 Å². The first-order chi connectivity index (χ1) is 21.6. The minimum absolute atomic E-state index is 0.00101. The second-order valence-corrected chi connectivity index (χ2v) is 12.4. The zero-order chi connectivity index (χ0) is 32.5. The van der Waals surface area contributed by atoms with Gasteiger partial charge < -0.3 is 20.4 Å². The SMILES string of the molecule is CCC(=O)N[C@@H](C(=O)N1CCN(C)CC1)[C@@H](C)c1ccc(NC(=O)[C@@H](CC(=O)c2nonc2CC)C2CCCCCC2)c(F)c1. The molecule has 0 radical (unpaired) electrons. The highest BCUT2D eigenvalue weighted by atomic mass is 19.1. The third-order valence-electron chi connectivity index (χ3n) is 9.36. The van der Waals surface area contributed by atoms with Crippen LogP contribution >= 0.6 is 0 Å². The number of carbonyl (C=O) groups excluding carboxylic acids is 4.